The van der Waals surface area contributed by atoms with Crippen molar-refractivity contribution in [3.05, 3.63) is 53.7 Å². The van der Waals surface area contributed by atoms with Crippen molar-refractivity contribution in [2.45, 2.75) is 45.4 Å². The van der Waals surface area contributed by atoms with Crippen LogP contribution in [-0.4, -0.2) is 22.5 Å². The lowest BCUT2D eigenvalue weighted by atomic mass is 10.2. The average Bonchev–Trinajstić information content (AvgIpc) is 3.25. The molecule has 21 heavy (non-hydrogen) atoms. The Kier molecular flexibility index (Phi) is 4.68. The molecule has 1 fully saturated rings. The molecule has 2 heterocycles. The molecule has 1 aliphatic carbocycles. The van der Waals surface area contributed by atoms with E-state index in [-0.39, 0.29) is 0 Å². The van der Waals surface area contributed by atoms with Gasteiger partial charge in [-0.15, -0.1) is 0 Å². The van der Waals surface area contributed by atoms with Crippen LogP contribution in [-0.2, 0) is 19.6 Å². The molecule has 0 amide bonds. The van der Waals surface area contributed by atoms with Crippen LogP contribution in [0.4, 0.5) is 0 Å². The molecule has 4 nitrogen and oxygen atoms in total. The molecule has 1 N–H and O–H groups in total. The first-order valence-electron chi connectivity index (χ1n) is 7.74. The molecule has 2 aromatic heterocycles. The lowest BCUT2D eigenvalue weighted by molar-refractivity contribution is 0.247. The predicted molar refractivity (Wildman–Crippen MR) is 82.6 cm³/mol. The molecule has 0 aliphatic heterocycles. The third-order valence-corrected chi connectivity index (χ3v) is 3.86. The molecular formula is C17H23N3O. The van der Waals surface area contributed by atoms with E-state index in [1.807, 2.05) is 18.7 Å². The van der Waals surface area contributed by atoms with Crippen LogP contribution in [0.15, 0.2) is 41.3 Å². The number of pyridine rings is 1. The number of aromatic nitrogens is 1. The normalized spacial score (nSPS) is 14.8. The maximum absolute atomic E-state index is 5.69. The summed E-state index contributed by atoms with van der Waals surface area (Å²) in [5.41, 5.74) is 2.53. The molecule has 3 rings (SSSR count). The molecule has 0 radical (unpaired) electrons. The van der Waals surface area contributed by atoms with Crippen LogP contribution in [0.2, 0.25) is 0 Å². The lowest BCUT2D eigenvalue weighted by Gasteiger charge is -2.18. The Labute approximate surface area is 126 Å². The van der Waals surface area contributed by atoms with Crippen LogP contribution in [0, 0.1) is 0 Å². The van der Waals surface area contributed by atoms with Gasteiger partial charge in [-0.05, 0) is 43.1 Å². The van der Waals surface area contributed by atoms with E-state index < -0.39 is 0 Å². The Bertz CT molecular complexity index is 548. The van der Waals surface area contributed by atoms with E-state index in [0.717, 1.165) is 38.0 Å². The zero-order chi connectivity index (χ0) is 14.5. The summed E-state index contributed by atoms with van der Waals surface area (Å²) < 4.78 is 5.69. The smallest absolute Gasteiger partial charge is 0.118 e. The van der Waals surface area contributed by atoms with Crippen LogP contribution < -0.4 is 5.32 Å². The molecule has 0 spiro atoms. The van der Waals surface area contributed by atoms with Gasteiger partial charge >= 0.3 is 0 Å². The lowest BCUT2D eigenvalue weighted by Crippen LogP contribution is -2.22. The standard InChI is InChI=1S/C17H23N3O/c1-2-20(11-14-5-7-18-8-6-14)12-17-9-15(13-21-17)10-19-16-3-4-16/h5-9,13,16,19H,2-4,10-12H2,1H3. The Morgan fingerprint density at radius 1 is 1.24 bits per heavy atom. The highest BCUT2D eigenvalue weighted by Gasteiger charge is 2.20. The van der Waals surface area contributed by atoms with E-state index in [1.165, 1.54) is 24.0 Å². The minimum absolute atomic E-state index is 0.738. The Morgan fingerprint density at radius 2 is 2.05 bits per heavy atom. The van der Waals surface area contributed by atoms with Gasteiger partial charge in [0, 0.05) is 37.1 Å². The predicted octanol–water partition coefficient (Wildman–Crippen LogP) is 2.95. The van der Waals surface area contributed by atoms with Gasteiger partial charge in [0.1, 0.15) is 5.76 Å². The summed E-state index contributed by atoms with van der Waals surface area (Å²) in [6.45, 7) is 5.88. The third-order valence-electron chi connectivity index (χ3n) is 3.86. The van der Waals surface area contributed by atoms with Gasteiger partial charge in [-0.25, -0.2) is 0 Å². The second-order valence-corrected chi connectivity index (χ2v) is 5.74. The second-order valence-electron chi connectivity index (χ2n) is 5.74. The summed E-state index contributed by atoms with van der Waals surface area (Å²) in [5, 5.41) is 3.51. The molecule has 0 bridgehead atoms. The highest BCUT2D eigenvalue weighted by atomic mass is 16.3. The van der Waals surface area contributed by atoms with Crippen LogP contribution >= 0.6 is 0 Å². The molecule has 1 aliphatic rings. The highest BCUT2D eigenvalue weighted by molar-refractivity contribution is 5.14. The maximum Gasteiger partial charge on any atom is 0.118 e. The fraction of sp³-hybridized carbons (Fsp3) is 0.471. The summed E-state index contributed by atoms with van der Waals surface area (Å²) in [6.07, 6.45) is 8.21. The Hall–Kier alpha value is -1.65. The number of rotatable bonds is 8. The number of hydrogen-bond donors (Lipinski definition) is 1. The summed E-state index contributed by atoms with van der Waals surface area (Å²) in [4.78, 5) is 6.43. The van der Waals surface area contributed by atoms with Crippen molar-refractivity contribution in [2.24, 2.45) is 0 Å². The number of nitrogens with zero attached hydrogens (tertiary/aromatic N) is 2. The van der Waals surface area contributed by atoms with Gasteiger partial charge in [-0.2, -0.15) is 0 Å². The molecule has 112 valence electrons. The zero-order valence-corrected chi connectivity index (χ0v) is 12.6. The maximum atomic E-state index is 5.69. The zero-order valence-electron chi connectivity index (χ0n) is 12.6. The molecule has 1 saturated carbocycles. The SMILES string of the molecule is CCN(Cc1ccncc1)Cc1cc(CNC2CC2)co1. The van der Waals surface area contributed by atoms with Crippen molar-refractivity contribution in [3.8, 4) is 0 Å². The van der Waals surface area contributed by atoms with Crippen LogP contribution in [0.25, 0.3) is 0 Å². The summed E-state index contributed by atoms with van der Waals surface area (Å²) in [7, 11) is 0. The molecule has 0 saturated heterocycles. The number of hydrogen-bond acceptors (Lipinski definition) is 4. The van der Waals surface area contributed by atoms with E-state index in [4.69, 9.17) is 4.42 Å². The number of nitrogens with one attached hydrogen (secondary N) is 1. The van der Waals surface area contributed by atoms with Gasteiger partial charge < -0.3 is 9.73 Å². The van der Waals surface area contributed by atoms with Gasteiger partial charge in [0.2, 0.25) is 0 Å². The van der Waals surface area contributed by atoms with E-state index in [0.29, 0.717) is 0 Å². The van der Waals surface area contributed by atoms with E-state index in [2.05, 4.69) is 40.3 Å². The summed E-state index contributed by atoms with van der Waals surface area (Å²) >= 11 is 0. The Balaban J connectivity index is 1.53. The minimum Gasteiger partial charge on any atom is -0.468 e. The summed E-state index contributed by atoms with van der Waals surface area (Å²) in [6, 6.07) is 7.04. The largest absolute Gasteiger partial charge is 0.468 e. The van der Waals surface area contributed by atoms with E-state index in [1.54, 1.807) is 0 Å². The molecule has 4 heteroatoms. The van der Waals surface area contributed by atoms with Crippen molar-refractivity contribution in [1.82, 2.24) is 15.2 Å². The molecular weight excluding hydrogens is 262 g/mol. The second kappa shape index (κ2) is 6.87. The van der Waals surface area contributed by atoms with Crippen molar-refractivity contribution in [2.75, 3.05) is 6.54 Å². The van der Waals surface area contributed by atoms with Gasteiger partial charge in [-0.3, -0.25) is 9.88 Å². The molecule has 0 unspecified atom stereocenters. The van der Waals surface area contributed by atoms with Crippen LogP contribution in [0.1, 0.15) is 36.7 Å². The third kappa shape index (κ3) is 4.41. The first kappa shape index (κ1) is 14.3. The van der Waals surface area contributed by atoms with E-state index >= 15 is 0 Å². The van der Waals surface area contributed by atoms with Crippen LogP contribution in [0.3, 0.4) is 0 Å². The van der Waals surface area contributed by atoms with Crippen molar-refractivity contribution >= 4 is 0 Å². The molecule has 0 atom stereocenters. The topological polar surface area (TPSA) is 41.3 Å². The Morgan fingerprint density at radius 3 is 2.76 bits per heavy atom. The highest BCUT2D eigenvalue weighted by Crippen LogP contribution is 2.20. The first-order valence-corrected chi connectivity index (χ1v) is 7.74. The van der Waals surface area contributed by atoms with Gasteiger partial charge in [0.05, 0.1) is 12.8 Å². The first-order chi connectivity index (χ1) is 10.3. The van der Waals surface area contributed by atoms with E-state index in [9.17, 15) is 0 Å². The van der Waals surface area contributed by atoms with Gasteiger partial charge in [-0.1, -0.05) is 6.92 Å². The van der Waals surface area contributed by atoms with Crippen molar-refractivity contribution in [1.29, 1.82) is 0 Å². The molecule has 2 aromatic rings. The summed E-state index contributed by atoms with van der Waals surface area (Å²) in [5.74, 6) is 1.04. The fourth-order valence-corrected chi connectivity index (χ4v) is 2.40. The quantitative estimate of drug-likeness (QED) is 0.809. The fourth-order valence-electron chi connectivity index (χ4n) is 2.40. The monoisotopic (exact) mass is 285 g/mol. The van der Waals surface area contributed by atoms with Crippen molar-refractivity contribution < 1.29 is 4.42 Å². The average molecular weight is 285 g/mol. The minimum atomic E-state index is 0.738. The van der Waals surface area contributed by atoms with Gasteiger partial charge in [0.25, 0.3) is 0 Å². The van der Waals surface area contributed by atoms with Crippen molar-refractivity contribution in [3.63, 3.8) is 0 Å². The van der Waals surface area contributed by atoms with Crippen LogP contribution in [0.5, 0.6) is 0 Å². The molecule has 0 aromatic carbocycles. The number of furan rings is 1. The van der Waals surface area contributed by atoms with Gasteiger partial charge in [0.15, 0.2) is 0 Å².